The quantitative estimate of drug-likeness (QED) is 0.770. The van der Waals surface area contributed by atoms with E-state index in [1.165, 1.54) is 0 Å². The van der Waals surface area contributed by atoms with Gasteiger partial charge in [-0.15, -0.1) is 12.4 Å². The Hall–Kier alpha value is -1.79. The smallest absolute Gasteiger partial charge is 0.227 e. The van der Waals surface area contributed by atoms with Crippen LogP contribution >= 0.6 is 12.4 Å². The number of para-hydroxylation sites is 2. The van der Waals surface area contributed by atoms with Crippen molar-refractivity contribution in [3.05, 3.63) is 24.3 Å². The van der Waals surface area contributed by atoms with Crippen LogP contribution in [0, 0.1) is 5.92 Å². The molecular formula is C18H28ClN3O3. The van der Waals surface area contributed by atoms with Crippen LogP contribution in [0.3, 0.4) is 0 Å². The molecule has 1 aliphatic rings. The van der Waals surface area contributed by atoms with Gasteiger partial charge >= 0.3 is 0 Å². The van der Waals surface area contributed by atoms with Gasteiger partial charge in [0, 0.05) is 19.5 Å². The molecule has 2 amide bonds. The van der Waals surface area contributed by atoms with E-state index in [-0.39, 0.29) is 36.6 Å². The van der Waals surface area contributed by atoms with E-state index in [1.54, 1.807) is 12.0 Å². The first kappa shape index (κ1) is 21.3. The van der Waals surface area contributed by atoms with Gasteiger partial charge in [0.2, 0.25) is 11.8 Å². The summed E-state index contributed by atoms with van der Waals surface area (Å²) >= 11 is 0. The van der Waals surface area contributed by atoms with Gasteiger partial charge in [0.15, 0.2) is 0 Å². The molecule has 140 valence electrons. The summed E-state index contributed by atoms with van der Waals surface area (Å²) in [5, 5.41) is 3.07. The molecule has 1 aromatic carbocycles. The predicted molar refractivity (Wildman–Crippen MR) is 101 cm³/mol. The number of carbonyl (C=O) groups excluding carboxylic acids is 2. The molecule has 1 saturated heterocycles. The van der Waals surface area contributed by atoms with E-state index in [1.807, 2.05) is 38.1 Å². The van der Waals surface area contributed by atoms with Crippen molar-refractivity contribution in [1.29, 1.82) is 0 Å². The number of methoxy groups -OCH3 is 1. The van der Waals surface area contributed by atoms with E-state index >= 15 is 0 Å². The standard InChI is InChI=1S/C18H27N3O3.ClH/c1-4-18(5-2,12-19)20-17(23)13-10-16(22)21(11-13)14-8-6-7-9-15(14)24-3;/h6-9,13H,4-5,10-12,19H2,1-3H3,(H,20,23);1H. The number of ether oxygens (including phenoxy) is 1. The minimum absolute atomic E-state index is 0. The third kappa shape index (κ3) is 4.44. The van der Waals surface area contributed by atoms with Crippen LogP contribution < -0.4 is 20.7 Å². The molecule has 0 saturated carbocycles. The molecule has 7 heteroatoms. The highest BCUT2D eigenvalue weighted by Gasteiger charge is 2.38. The maximum absolute atomic E-state index is 12.6. The van der Waals surface area contributed by atoms with Crippen molar-refractivity contribution in [1.82, 2.24) is 5.32 Å². The molecule has 1 unspecified atom stereocenters. The monoisotopic (exact) mass is 369 g/mol. The average molecular weight is 370 g/mol. The molecule has 1 aromatic rings. The summed E-state index contributed by atoms with van der Waals surface area (Å²) in [6, 6.07) is 7.35. The highest BCUT2D eigenvalue weighted by Crippen LogP contribution is 2.33. The van der Waals surface area contributed by atoms with Crippen LogP contribution in [-0.2, 0) is 9.59 Å². The summed E-state index contributed by atoms with van der Waals surface area (Å²) in [4.78, 5) is 26.7. The van der Waals surface area contributed by atoms with E-state index < -0.39 is 5.54 Å². The molecule has 25 heavy (non-hydrogen) atoms. The van der Waals surface area contributed by atoms with Crippen LogP contribution in [0.15, 0.2) is 24.3 Å². The lowest BCUT2D eigenvalue weighted by Gasteiger charge is -2.32. The molecule has 0 radical (unpaired) electrons. The Morgan fingerprint density at radius 1 is 1.36 bits per heavy atom. The van der Waals surface area contributed by atoms with Crippen LogP contribution in [0.25, 0.3) is 0 Å². The third-order valence-corrected chi connectivity index (χ3v) is 5.00. The van der Waals surface area contributed by atoms with Crippen molar-refractivity contribution in [2.75, 3.05) is 25.1 Å². The second kappa shape index (κ2) is 9.06. The molecule has 1 fully saturated rings. The van der Waals surface area contributed by atoms with Gasteiger partial charge < -0.3 is 20.7 Å². The van der Waals surface area contributed by atoms with Crippen molar-refractivity contribution >= 4 is 29.9 Å². The summed E-state index contributed by atoms with van der Waals surface area (Å²) in [5.41, 5.74) is 6.16. The summed E-state index contributed by atoms with van der Waals surface area (Å²) in [5.74, 6) is 0.0951. The van der Waals surface area contributed by atoms with E-state index in [2.05, 4.69) is 5.32 Å². The zero-order valence-corrected chi connectivity index (χ0v) is 15.9. The van der Waals surface area contributed by atoms with Crippen LogP contribution in [0.2, 0.25) is 0 Å². The van der Waals surface area contributed by atoms with Crippen LogP contribution in [-0.4, -0.2) is 37.6 Å². The molecule has 0 aromatic heterocycles. The normalized spacial score (nSPS) is 17.2. The van der Waals surface area contributed by atoms with Crippen molar-refractivity contribution < 1.29 is 14.3 Å². The van der Waals surface area contributed by atoms with Gasteiger partial charge in [-0.05, 0) is 25.0 Å². The van der Waals surface area contributed by atoms with Crippen molar-refractivity contribution in [3.8, 4) is 5.75 Å². The summed E-state index contributed by atoms with van der Waals surface area (Å²) in [7, 11) is 1.57. The number of nitrogens with two attached hydrogens (primary N) is 1. The Balaban J connectivity index is 0.00000312. The Labute approximate surface area is 155 Å². The van der Waals surface area contributed by atoms with E-state index in [4.69, 9.17) is 10.5 Å². The molecule has 0 aliphatic carbocycles. The van der Waals surface area contributed by atoms with Crippen LogP contribution in [0.1, 0.15) is 33.1 Å². The molecule has 2 rings (SSSR count). The van der Waals surface area contributed by atoms with Crippen molar-refractivity contribution in [2.45, 2.75) is 38.6 Å². The minimum atomic E-state index is -0.391. The first-order valence-corrected chi connectivity index (χ1v) is 8.45. The summed E-state index contributed by atoms with van der Waals surface area (Å²) in [6.45, 7) is 4.77. The fourth-order valence-electron chi connectivity index (χ4n) is 3.10. The fraction of sp³-hybridized carbons (Fsp3) is 0.556. The molecule has 0 bridgehead atoms. The number of benzene rings is 1. The number of hydrogen-bond donors (Lipinski definition) is 2. The van der Waals surface area contributed by atoms with Crippen LogP contribution in [0.4, 0.5) is 5.69 Å². The lowest BCUT2D eigenvalue weighted by atomic mass is 9.91. The van der Waals surface area contributed by atoms with Gasteiger partial charge in [-0.2, -0.15) is 0 Å². The highest BCUT2D eigenvalue weighted by atomic mass is 35.5. The molecular weight excluding hydrogens is 342 g/mol. The second-order valence-electron chi connectivity index (χ2n) is 6.26. The number of anilines is 1. The number of hydrogen-bond acceptors (Lipinski definition) is 4. The van der Waals surface area contributed by atoms with E-state index in [0.717, 1.165) is 12.8 Å². The van der Waals surface area contributed by atoms with Gasteiger partial charge in [-0.25, -0.2) is 0 Å². The Morgan fingerprint density at radius 2 is 2.00 bits per heavy atom. The van der Waals surface area contributed by atoms with Gasteiger partial charge in [-0.1, -0.05) is 26.0 Å². The Kier molecular flexibility index (Phi) is 7.70. The van der Waals surface area contributed by atoms with Gasteiger partial charge in [-0.3, -0.25) is 9.59 Å². The van der Waals surface area contributed by atoms with Gasteiger partial charge in [0.05, 0.1) is 24.3 Å². The fourth-order valence-corrected chi connectivity index (χ4v) is 3.10. The second-order valence-corrected chi connectivity index (χ2v) is 6.26. The molecule has 1 heterocycles. The number of carbonyl (C=O) groups is 2. The Bertz CT molecular complexity index is 597. The van der Waals surface area contributed by atoms with Crippen LogP contribution in [0.5, 0.6) is 5.75 Å². The lowest BCUT2D eigenvalue weighted by Crippen LogP contribution is -2.54. The van der Waals surface area contributed by atoms with Gasteiger partial charge in [0.25, 0.3) is 0 Å². The predicted octanol–water partition coefficient (Wildman–Crippen LogP) is 2.10. The molecule has 1 atom stereocenters. The molecule has 3 N–H and O–H groups in total. The van der Waals surface area contributed by atoms with Crippen molar-refractivity contribution in [2.24, 2.45) is 11.7 Å². The average Bonchev–Trinajstić information content (AvgIpc) is 3.01. The van der Waals surface area contributed by atoms with E-state index in [0.29, 0.717) is 24.5 Å². The number of rotatable bonds is 7. The minimum Gasteiger partial charge on any atom is -0.495 e. The molecule has 1 aliphatic heterocycles. The number of halogens is 1. The lowest BCUT2D eigenvalue weighted by molar-refractivity contribution is -0.128. The maximum atomic E-state index is 12.6. The van der Waals surface area contributed by atoms with Crippen molar-refractivity contribution in [3.63, 3.8) is 0 Å². The zero-order chi connectivity index (χ0) is 17.7. The summed E-state index contributed by atoms with van der Waals surface area (Å²) in [6.07, 6.45) is 1.74. The molecule has 0 spiro atoms. The highest BCUT2D eigenvalue weighted by molar-refractivity contribution is 6.01. The topological polar surface area (TPSA) is 84.7 Å². The van der Waals surface area contributed by atoms with E-state index in [9.17, 15) is 9.59 Å². The first-order chi connectivity index (χ1) is 11.5. The SMILES string of the molecule is CCC(CC)(CN)NC(=O)C1CC(=O)N(c2ccccc2OC)C1.Cl. The first-order valence-electron chi connectivity index (χ1n) is 8.45. The molecule has 6 nitrogen and oxygen atoms in total. The number of amides is 2. The summed E-state index contributed by atoms with van der Waals surface area (Å²) < 4.78 is 5.32. The number of nitrogens with zero attached hydrogens (tertiary/aromatic N) is 1. The maximum Gasteiger partial charge on any atom is 0.227 e. The Morgan fingerprint density at radius 3 is 2.56 bits per heavy atom. The largest absolute Gasteiger partial charge is 0.495 e. The third-order valence-electron chi connectivity index (χ3n) is 5.00. The zero-order valence-electron chi connectivity index (χ0n) is 15.1. The van der Waals surface area contributed by atoms with Gasteiger partial charge in [0.1, 0.15) is 5.75 Å². The number of nitrogens with one attached hydrogen (secondary N) is 1.